The average molecular weight is 1120 g/mol. The maximum absolute atomic E-state index is 13.5. The van der Waals surface area contributed by atoms with Gasteiger partial charge in [0, 0.05) is 70.6 Å². The van der Waals surface area contributed by atoms with Gasteiger partial charge in [0.1, 0.15) is 38.1 Å². The first-order valence-electron chi connectivity index (χ1n) is 26.5. The monoisotopic (exact) mass is 1120 g/mol. The van der Waals surface area contributed by atoms with E-state index in [4.69, 9.17) is 75.8 Å². The maximum Gasteiger partial charge on any atom is 0.306 e. The summed E-state index contributed by atoms with van der Waals surface area (Å²) in [4.78, 5) is 144. The minimum absolute atomic E-state index is 0.0951. The number of ether oxygens (including phenoxy) is 16. The van der Waals surface area contributed by atoms with Gasteiger partial charge in [0.05, 0.1) is 6.61 Å². The second-order valence-corrected chi connectivity index (χ2v) is 17.5. The van der Waals surface area contributed by atoms with Crippen molar-refractivity contribution < 1.29 is 129 Å². The highest BCUT2D eigenvalue weighted by atomic mass is 16.8. The standard InChI is InChI=1S/C51H76O27/c1-12-30(52)63-23-27-41(69-33(55)15-4)44(72-36(58)18-7)46(74-38(60)20-9)49(67-27)65-24-28-42(70-34(56)16-5)45(73-37(59)19-8)47(75-39(61)21-10)50(68-28)78-51(26-66-32(54)14-3)48(76-40(62)22-11)43(71-35(57)17-6)29(77-51)25-64-31(53)13-2/h27-29,41-50H,12-26H2,1-11H3/t27?,28?,29-,41+,42-,43-,44+,45+,46?,47?,48-,49+,50-,51+/m1/s1. The molecule has 0 aromatic carbocycles. The van der Waals surface area contributed by atoms with Gasteiger partial charge in [-0.15, -0.1) is 0 Å². The molecule has 3 fully saturated rings. The van der Waals surface area contributed by atoms with Crippen LogP contribution in [0.3, 0.4) is 0 Å². The summed E-state index contributed by atoms with van der Waals surface area (Å²) in [5.74, 6) is -12.2. The zero-order valence-electron chi connectivity index (χ0n) is 46.1. The molecule has 3 heterocycles. The third-order valence-electron chi connectivity index (χ3n) is 11.9. The first-order chi connectivity index (χ1) is 37.1. The molecular formula is C51H76O27. The Hall–Kier alpha value is -6.03. The lowest BCUT2D eigenvalue weighted by Crippen LogP contribution is -2.66. The fourth-order valence-electron chi connectivity index (χ4n) is 7.66. The molecule has 4 unspecified atom stereocenters. The zero-order chi connectivity index (χ0) is 58.3. The summed E-state index contributed by atoms with van der Waals surface area (Å²) in [7, 11) is 0. The van der Waals surface area contributed by atoms with E-state index in [0.29, 0.717) is 0 Å². The van der Waals surface area contributed by atoms with Gasteiger partial charge in [0.2, 0.25) is 12.1 Å². The van der Waals surface area contributed by atoms with Crippen molar-refractivity contribution in [2.24, 2.45) is 0 Å². The Labute approximate surface area is 452 Å². The van der Waals surface area contributed by atoms with Gasteiger partial charge < -0.3 is 75.8 Å². The summed E-state index contributed by atoms with van der Waals surface area (Å²) >= 11 is 0. The second-order valence-electron chi connectivity index (χ2n) is 17.5. The van der Waals surface area contributed by atoms with E-state index in [1.807, 2.05) is 0 Å². The molecule has 0 saturated carbocycles. The zero-order valence-corrected chi connectivity index (χ0v) is 46.1. The summed E-state index contributed by atoms with van der Waals surface area (Å²) in [5, 5.41) is 0. The van der Waals surface area contributed by atoms with Crippen LogP contribution in [0.4, 0.5) is 0 Å². The Morgan fingerprint density at radius 2 is 0.628 bits per heavy atom. The van der Waals surface area contributed by atoms with Crippen LogP contribution in [0.15, 0.2) is 0 Å². The van der Waals surface area contributed by atoms with E-state index in [0.717, 1.165) is 0 Å². The molecule has 0 aromatic rings. The van der Waals surface area contributed by atoms with Crippen molar-refractivity contribution in [1.29, 1.82) is 0 Å². The summed E-state index contributed by atoms with van der Waals surface area (Å²) in [6.45, 7) is 12.9. The molecule has 0 spiro atoms. The number of carbonyl (C=O) groups excluding carboxylic acids is 11. The number of hydrogen-bond acceptors (Lipinski definition) is 27. The van der Waals surface area contributed by atoms with E-state index >= 15 is 0 Å². The van der Waals surface area contributed by atoms with Gasteiger partial charge >= 0.3 is 65.7 Å². The van der Waals surface area contributed by atoms with Gasteiger partial charge in [0.25, 0.3) is 0 Å². The predicted octanol–water partition coefficient (Wildman–Crippen LogP) is 3.00. The quantitative estimate of drug-likeness (QED) is 0.0737. The van der Waals surface area contributed by atoms with Crippen LogP contribution in [0, 0.1) is 0 Å². The summed E-state index contributed by atoms with van der Waals surface area (Å²) < 4.78 is 95.3. The van der Waals surface area contributed by atoms with Gasteiger partial charge in [-0.3, -0.25) is 52.7 Å². The fourth-order valence-corrected chi connectivity index (χ4v) is 7.66. The lowest BCUT2D eigenvalue weighted by Gasteiger charge is -2.48. The molecule has 3 aliphatic heterocycles. The third-order valence-corrected chi connectivity index (χ3v) is 11.9. The van der Waals surface area contributed by atoms with Gasteiger partial charge in [-0.1, -0.05) is 76.2 Å². The van der Waals surface area contributed by atoms with Crippen molar-refractivity contribution in [3.63, 3.8) is 0 Å². The predicted molar refractivity (Wildman–Crippen MR) is 257 cm³/mol. The molecule has 0 radical (unpaired) electrons. The number of carbonyl (C=O) groups is 11. The minimum Gasteiger partial charge on any atom is -0.463 e. The van der Waals surface area contributed by atoms with Crippen LogP contribution in [0.5, 0.6) is 0 Å². The number of rotatable bonds is 30. The van der Waals surface area contributed by atoms with Crippen molar-refractivity contribution >= 4 is 65.7 Å². The molecule has 0 aromatic heterocycles. The Bertz CT molecular complexity index is 2060. The van der Waals surface area contributed by atoms with Crippen LogP contribution in [-0.4, -0.2) is 178 Å². The third kappa shape index (κ3) is 18.8. The Balaban J connectivity index is 2.42. The molecule has 3 rings (SSSR count). The Morgan fingerprint density at radius 3 is 1.04 bits per heavy atom. The maximum atomic E-state index is 13.5. The van der Waals surface area contributed by atoms with E-state index in [9.17, 15) is 52.7 Å². The van der Waals surface area contributed by atoms with E-state index < -0.39 is 178 Å². The number of esters is 11. The van der Waals surface area contributed by atoms with E-state index in [-0.39, 0.29) is 70.6 Å². The van der Waals surface area contributed by atoms with Crippen LogP contribution in [0.1, 0.15) is 147 Å². The lowest BCUT2D eigenvalue weighted by molar-refractivity contribution is -0.388. The van der Waals surface area contributed by atoms with Crippen molar-refractivity contribution in [3.05, 3.63) is 0 Å². The van der Waals surface area contributed by atoms with Gasteiger partial charge in [-0.25, -0.2) is 0 Å². The lowest BCUT2D eigenvalue weighted by atomic mass is 9.96. The van der Waals surface area contributed by atoms with Crippen LogP contribution in [-0.2, 0) is 129 Å². The first-order valence-corrected chi connectivity index (χ1v) is 26.5. The largest absolute Gasteiger partial charge is 0.463 e. The van der Waals surface area contributed by atoms with Gasteiger partial charge in [0.15, 0.2) is 55.1 Å². The topological polar surface area (TPSA) is 335 Å². The van der Waals surface area contributed by atoms with Gasteiger partial charge in [-0.2, -0.15) is 0 Å². The molecule has 442 valence electrons. The van der Waals surface area contributed by atoms with Crippen molar-refractivity contribution in [1.82, 2.24) is 0 Å². The second kappa shape index (κ2) is 32.8. The summed E-state index contributed by atoms with van der Waals surface area (Å²) in [5.41, 5.74) is 0. The van der Waals surface area contributed by atoms with Crippen molar-refractivity contribution in [3.8, 4) is 0 Å². The van der Waals surface area contributed by atoms with Crippen molar-refractivity contribution in [2.45, 2.75) is 232 Å². The molecule has 78 heavy (non-hydrogen) atoms. The van der Waals surface area contributed by atoms with Gasteiger partial charge in [-0.05, 0) is 0 Å². The molecule has 27 nitrogen and oxygen atoms in total. The molecule has 3 saturated heterocycles. The molecule has 0 bridgehead atoms. The normalized spacial score (nSPS) is 28.4. The smallest absolute Gasteiger partial charge is 0.306 e. The van der Waals surface area contributed by atoms with Crippen LogP contribution in [0.25, 0.3) is 0 Å². The molecule has 0 N–H and O–H groups in total. The molecule has 14 atom stereocenters. The molecule has 3 aliphatic rings. The Kier molecular flexibility index (Phi) is 27.8. The highest BCUT2D eigenvalue weighted by Gasteiger charge is 2.65. The minimum atomic E-state index is -2.67. The Morgan fingerprint density at radius 1 is 0.321 bits per heavy atom. The average Bonchev–Trinajstić information content (AvgIpc) is 3.83. The molecular weight excluding hydrogens is 1040 g/mol. The fraction of sp³-hybridized carbons (Fsp3) is 0.784. The van der Waals surface area contributed by atoms with E-state index in [1.165, 1.54) is 76.2 Å². The van der Waals surface area contributed by atoms with Crippen LogP contribution < -0.4 is 0 Å². The summed E-state index contributed by atoms with van der Waals surface area (Å²) in [6.07, 6.45) is -25.8. The first kappa shape index (κ1) is 66.3. The molecule has 0 aliphatic carbocycles. The van der Waals surface area contributed by atoms with Crippen LogP contribution >= 0.6 is 0 Å². The van der Waals surface area contributed by atoms with E-state index in [1.54, 1.807) is 0 Å². The molecule has 0 amide bonds. The summed E-state index contributed by atoms with van der Waals surface area (Å²) in [6, 6.07) is 0. The number of hydrogen-bond donors (Lipinski definition) is 0. The SMILES string of the molecule is CCC(=O)OCC1O[C@H](OCC2O[C@H](O[C@]3(COC(=O)CC)O[C@H](COC(=O)CC)[C@@H](OC(=O)CC)[C@H]3OC(=O)CC)C(OC(=O)CC)[C@@H](OC(=O)CC)[C@@H]2OC(=O)CC)C(OC(=O)CC)[C@@H](OC(=O)CC)[C@H]1OC(=O)CC. The highest BCUT2D eigenvalue weighted by molar-refractivity contribution is 5.74. The van der Waals surface area contributed by atoms with Crippen molar-refractivity contribution in [2.75, 3.05) is 26.4 Å². The molecule has 27 heteroatoms. The highest BCUT2D eigenvalue weighted by Crippen LogP contribution is 2.42. The van der Waals surface area contributed by atoms with E-state index in [2.05, 4.69) is 0 Å². The van der Waals surface area contributed by atoms with Crippen LogP contribution in [0.2, 0.25) is 0 Å².